The van der Waals surface area contributed by atoms with Crippen molar-refractivity contribution in [2.45, 2.75) is 12.8 Å². The van der Waals surface area contributed by atoms with Gasteiger partial charge in [0.1, 0.15) is 0 Å². The lowest BCUT2D eigenvalue weighted by molar-refractivity contribution is -0.136. The third-order valence-corrected chi connectivity index (χ3v) is 3.42. The second kappa shape index (κ2) is 4.80. The molecule has 6 heteroatoms. The van der Waals surface area contributed by atoms with Gasteiger partial charge in [-0.05, 0) is 34.5 Å². The van der Waals surface area contributed by atoms with Crippen molar-refractivity contribution in [1.82, 2.24) is 4.98 Å². The molecule has 0 saturated heterocycles. The highest BCUT2D eigenvalue weighted by Crippen LogP contribution is 2.29. The highest BCUT2D eigenvalue weighted by Gasteiger charge is 2.09. The van der Waals surface area contributed by atoms with Gasteiger partial charge >= 0.3 is 5.97 Å². The Morgan fingerprint density at radius 2 is 2.38 bits per heavy atom. The molecule has 84 valence electrons. The van der Waals surface area contributed by atoms with Crippen LogP contribution in [-0.2, 0) is 11.2 Å². The Bertz CT molecular complexity index is 506. The molecule has 1 N–H and O–H groups in total. The van der Waals surface area contributed by atoms with Crippen molar-refractivity contribution in [2.24, 2.45) is 0 Å². The Kier molecular flexibility index (Phi) is 3.40. The number of nitrogens with zero attached hydrogens (tertiary/aromatic N) is 1. The molecule has 0 fully saturated rings. The molecular formula is C10H8BrNO3S. The largest absolute Gasteiger partial charge is 0.481 e. The third-order valence-electron chi connectivity index (χ3n) is 1.92. The van der Waals surface area contributed by atoms with E-state index in [1.54, 1.807) is 12.3 Å². The van der Waals surface area contributed by atoms with Gasteiger partial charge in [-0.3, -0.25) is 4.79 Å². The summed E-state index contributed by atoms with van der Waals surface area (Å²) in [5.74, 6) is -0.103. The predicted octanol–water partition coefficient (Wildman–Crippen LogP) is 3.18. The van der Waals surface area contributed by atoms with E-state index in [2.05, 4.69) is 20.9 Å². The molecule has 2 aromatic heterocycles. The standard InChI is InChI=1S/C10H8BrNO3S/c11-8-3-2-7(15-8)10-12-5-6(16-10)1-4-9(13)14/h2-3,5H,1,4H2,(H,13,14). The van der Waals surface area contributed by atoms with E-state index in [1.807, 2.05) is 6.07 Å². The fourth-order valence-corrected chi connectivity index (χ4v) is 2.38. The number of carboxylic acids is 1. The van der Waals surface area contributed by atoms with Gasteiger partial charge in [0.2, 0.25) is 0 Å². The van der Waals surface area contributed by atoms with E-state index in [0.717, 1.165) is 9.88 Å². The molecule has 0 aliphatic rings. The predicted molar refractivity (Wildman–Crippen MR) is 63.5 cm³/mol. The minimum atomic E-state index is -0.796. The summed E-state index contributed by atoms with van der Waals surface area (Å²) in [7, 11) is 0. The Balaban J connectivity index is 2.10. The number of carboxylic acid groups (broad SMARTS) is 1. The molecule has 2 heterocycles. The lowest BCUT2D eigenvalue weighted by Crippen LogP contribution is -1.95. The molecule has 0 amide bonds. The first-order valence-electron chi connectivity index (χ1n) is 4.57. The van der Waals surface area contributed by atoms with E-state index in [1.165, 1.54) is 11.3 Å². The molecule has 0 aromatic carbocycles. The maximum Gasteiger partial charge on any atom is 0.303 e. The van der Waals surface area contributed by atoms with Gasteiger partial charge in [0.15, 0.2) is 15.4 Å². The summed E-state index contributed by atoms with van der Waals surface area (Å²) in [4.78, 5) is 15.5. The third kappa shape index (κ3) is 2.70. The van der Waals surface area contributed by atoms with Crippen molar-refractivity contribution in [3.8, 4) is 10.8 Å². The van der Waals surface area contributed by atoms with Crippen LogP contribution in [0.2, 0.25) is 0 Å². The van der Waals surface area contributed by atoms with Crippen LogP contribution in [-0.4, -0.2) is 16.1 Å². The summed E-state index contributed by atoms with van der Waals surface area (Å²) in [6.45, 7) is 0. The molecule has 0 aliphatic heterocycles. The van der Waals surface area contributed by atoms with Gasteiger partial charge in [0, 0.05) is 11.1 Å². The Hall–Kier alpha value is -1.14. The van der Waals surface area contributed by atoms with Crippen LogP contribution in [0, 0.1) is 0 Å². The van der Waals surface area contributed by atoms with E-state index in [9.17, 15) is 4.79 Å². The monoisotopic (exact) mass is 301 g/mol. The smallest absolute Gasteiger partial charge is 0.303 e. The molecule has 0 bridgehead atoms. The molecule has 0 spiro atoms. The number of hydrogen-bond donors (Lipinski definition) is 1. The maximum atomic E-state index is 10.4. The average molecular weight is 302 g/mol. The first kappa shape index (κ1) is 11.3. The van der Waals surface area contributed by atoms with Crippen LogP contribution < -0.4 is 0 Å². The molecule has 0 radical (unpaired) electrons. The van der Waals surface area contributed by atoms with Gasteiger partial charge in [-0.2, -0.15) is 0 Å². The molecule has 2 aromatic rings. The van der Waals surface area contributed by atoms with Gasteiger partial charge in [0.25, 0.3) is 0 Å². The van der Waals surface area contributed by atoms with Crippen LogP contribution in [0.1, 0.15) is 11.3 Å². The fourth-order valence-electron chi connectivity index (χ4n) is 1.20. The fraction of sp³-hybridized carbons (Fsp3) is 0.200. The summed E-state index contributed by atoms with van der Waals surface area (Å²) in [6.07, 6.45) is 2.33. The van der Waals surface area contributed by atoms with Crippen LogP contribution in [0.4, 0.5) is 0 Å². The second-order valence-electron chi connectivity index (χ2n) is 3.13. The topological polar surface area (TPSA) is 63.3 Å². The van der Waals surface area contributed by atoms with Crippen molar-refractivity contribution < 1.29 is 14.3 Å². The lowest BCUT2D eigenvalue weighted by atomic mass is 10.3. The minimum absolute atomic E-state index is 0.128. The first-order valence-corrected chi connectivity index (χ1v) is 6.18. The summed E-state index contributed by atoms with van der Waals surface area (Å²) < 4.78 is 6.01. The zero-order valence-corrected chi connectivity index (χ0v) is 10.5. The van der Waals surface area contributed by atoms with Crippen LogP contribution in [0.5, 0.6) is 0 Å². The zero-order valence-electron chi connectivity index (χ0n) is 8.14. The summed E-state index contributed by atoms with van der Waals surface area (Å²) in [5.41, 5.74) is 0. The number of thiazole rings is 1. The number of rotatable bonds is 4. The van der Waals surface area contributed by atoms with Crippen LogP contribution in [0.25, 0.3) is 10.8 Å². The number of aliphatic carboxylic acids is 1. The summed E-state index contributed by atoms with van der Waals surface area (Å²) in [5, 5.41) is 9.33. The first-order chi connectivity index (χ1) is 7.65. The van der Waals surface area contributed by atoms with Gasteiger partial charge in [-0.25, -0.2) is 4.98 Å². The second-order valence-corrected chi connectivity index (χ2v) is 5.03. The molecule has 0 atom stereocenters. The molecule has 0 aliphatic carbocycles. The Labute approximate surface area is 104 Å². The average Bonchev–Trinajstić information content (AvgIpc) is 2.83. The van der Waals surface area contributed by atoms with Gasteiger partial charge in [-0.15, -0.1) is 11.3 Å². The summed E-state index contributed by atoms with van der Waals surface area (Å²) >= 11 is 4.67. The molecule has 2 rings (SSSR count). The molecule has 0 unspecified atom stereocenters. The van der Waals surface area contributed by atoms with E-state index < -0.39 is 5.97 Å². The minimum Gasteiger partial charge on any atom is -0.481 e. The van der Waals surface area contributed by atoms with Crippen molar-refractivity contribution in [2.75, 3.05) is 0 Å². The van der Waals surface area contributed by atoms with Crippen LogP contribution >= 0.6 is 27.3 Å². The van der Waals surface area contributed by atoms with E-state index in [0.29, 0.717) is 16.9 Å². The maximum absolute atomic E-state index is 10.4. The number of halogens is 1. The van der Waals surface area contributed by atoms with E-state index >= 15 is 0 Å². The number of hydrogen-bond acceptors (Lipinski definition) is 4. The lowest BCUT2D eigenvalue weighted by Gasteiger charge is -1.90. The number of aromatic nitrogens is 1. The number of aryl methyl sites for hydroxylation is 1. The Morgan fingerprint density at radius 1 is 1.56 bits per heavy atom. The SMILES string of the molecule is O=C(O)CCc1cnc(-c2ccc(Br)o2)s1. The quantitative estimate of drug-likeness (QED) is 0.942. The normalized spacial score (nSPS) is 10.6. The van der Waals surface area contributed by atoms with Crippen molar-refractivity contribution >= 4 is 33.2 Å². The molecule has 4 nitrogen and oxygen atoms in total. The zero-order chi connectivity index (χ0) is 11.5. The van der Waals surface area contributed by atoms with Gasteiger partial charge in [0.05, 0.1) is 6.42 Å². The van der Waals surface area contributed by atoms with E-state index in [-0.39, 0.29) is 6.42 Å². The molecule has 16 heavy (non-hydrogen) atoms. The van der Waals surface area contributed by atoms with Crippen molar-refractivity contribution in [1.29, 1.82) is 0 Å². The molecular weight excluding hydrogens is 294 g/mol. The number of furan rings is 1. The van der Waals surface area contributed by atoms with Crippen LogP contribution in [0.3, 0.4) is 0 Å². The highest BCUT2D eigenvalue weighted by atomic mass is 79.9. The van der Waals surface area contributed by atoms with Gasteiger partial charge in [-0.1, -0.05) is 0 Å². The van der Waals surface area contributed by atoms with Gasteiger partial charge < -0.3 is 9.52 Å². The number of carbonyl (C=O) groups is 1. The van der Waals surface area contributed by atoms with E-state index in [4.69, 9.17) is 9.52 Å². The van der Waals surface area contributed by atoms with Crippen molar-refractivity contribution in [3.05, 3.63) is 27.9 Å². The highest BCUT2D eigenvalue weighted by molar-refractivity contribution is 9.10. The summed E-state index contributed by atoms with van der Waals surface area (Å²) in [6, 6.07) is 3.62. The van der Waals surface area contributed by atoms with Crippen molar-refractivity contribution in [3.63, 3.8) is 0 Å². The Morgan fingerprint density at radius 3 is 3.00 bits per heavy atom. The molecule has 0 saturated carbocycles. The van der Waals surface area contributed by atoms with Crippen LogP contribution in [0.15, 0.2) is 27.4 Å².